The van der Waals surface area contributed by atoms with E-state index in [2.05, 4.69) is 26.2 Å². The van der Waals surface area contributed by atoms with Crippen LogP contribution in [0, 0.1) is 0 Å². The fourth-order valence-corrected chi connectivity index (χ4v) is 2.05. The molecule has 0 saturated carbocycles. The molecule has 4 nitrogen and oxygen atoms in total. The summed E-state index contributed by atoms with van der Waals surface area (Å²) in [7, 11) is 1.74. The summed E-state index contributed by atoms with van der Waals surface area (Å²) in [5.41, 5.74) is 0.455. The summed E-state index contributed by atoms with van der Waals surface area (Å²) in [6, 6.07) is 5.33. The molecule has 1 N–H and O–H groups in total. The normalized spacial score (nSPS) is 10.9. The van der Waals surface area contributed by atoms with Gasteiger partial charge in [-0.2, -0.15) is 0 Å². The molecule has 0 aliphatic heterocycles. The van der Waals surface area contributed by atoms with E-state index in [9.17, 15) is 4.79 Å². The van der Waals surface area contributed by atoms with Crippen LogP contribution in [-0.4, -0.2) is 16.6 Å². The number of benzene rings is 1. The number of hydrogen-bond donors (Lipinski definition) is 1. The van der Waals surface area contributed by atoms with E-state index in [1.807, 2.05) is 6.07 Å². The van der Waals surface area contributed by atoms with E-state index in [0.29, 0.717) is 17.6 Å². The Labute approximate surface area is 105 Å². The molecule has 0 fully saturated rings. The SMILES string of the molecule is CNCn1c(Cl)nc2ccc(Br)cc2c1=O. The molecule has 0 spiro atoms. The molecular weight excluding hydrogens is 293 g/mol. The highest BCUT2D eigenvalue weighted by molar-refractivity contribution is 9.10. The summed E-state index contributed by atoms with van der Waals surface area (Å²) in [6.07, 6.45) is 0. The Morgan fingerprint density at radius 3 is 3.00 bits per heavy atom. The summed E-state index contributed by atoms with van der Waals surface area (Å²) in [6.45, 7) is 0.340. The van der Waals surface area contributed by atoms with Crippen molar-refractivity contribution in [3.8, 4) is 0 Å². The van der Waals surface area contributed by atoms with E-state index in [1.165, 1.54) is 4.57 Å². The minimum atomic E-state index is -0.148. The van der Waals surface area contributed by atoms with E-state index in [0.717, 1.165) is 4.47 Å². The molecule has 0 atom stereocenters. The predicted octanol–water partition coefficient (Wildman–Crippen LogP) is 1.99. The van der Waals surface area contributed by atoms with Gasteiger partial charge in [0.1, 0.15) is 0 Å². The first-order valence-electron chi connectivity index (χ1n) is 4.63. The van der Waals surface area contributed by atoms with Gasteiger partial charge in [0.15, 0.2) is 0 Å². The second-order valence-electron chi connectivity index (χ2n) is 3.29. The topological polar surface area (TPSA) is 46.9 Å². The highest BCUT2D eigenvalue weighted by atomic mass is 79.9. The van der Waals surface area contributed by atoms with Crippen LogP contribution in [0.25, 0.3) is 10.9 Å². The standard InChI is InChI=1S/C10H9BrClN3O/c1-13-5-15-9(16)7-4-6(11)2-3-8(7)14-10(15)12/h2-4,13H,5H2,1H3. The molecule has 0 unspecified atom stereocenters. The third-order valence-electron chi connectivity index (χ3n) is 2.19. The van der Waals surface area contributed by atoms with Crippen LogP contribution in [-0.2, 0) is 6.67 Å². The van der Waals surface area contributed by atoms with Gasteiger partial charge in [-0.1, -0.05) is 15.9 Å². The van der Waals surface area contributed by atoms with E-state index in [-0.39, 0.29) is 10.8 Å². The molecule has 0 radical (unpaired) electrons. The zero-order valence-corrected chi connectivity index (χ0v) is 10.8. The van der Waals surface area contributed by atoms with Crippen LogP contribution in [0.2, 0.25) is 5.28 Å². The summed E-state index contributed by atoms with van der Waals surface area (Å²) in [5, 5.41) is 3.61. The number of hydrogen-bond acceptors (Lipinski definition) is 3. The van der Waals surface area contributed by atoms with Crippen LogP contribution in [0.1, 0.15) is 0 Å². The van der Waals surface area contributed by atoms with Crippen molar-refractivity contribution in [1.82, 2.24) is 14.9 Å². The Kier molecular flexibility index (Phi) is 3.28. The molecule has 0 aliphatic rings. The molecule has 1 aromatic carbocycles. The molecule has 6 heteroatoms. The van der Waals surface area contributed by atoms with Gasteiger partial charge in [0, 0.05) is 4.47 Å². The number of aromatic nitrogens is 2. The third-order valence-corrected chi connectivity index (χ3v) is 2.97. The van der Waals surface area contributed by atoms with Gasteiger partial charge >= 0.3 is 0 Å². The zero-order chi connectivity index (χ0) is 11.7. The van der Waals surface area contributed by atoms with Crippen molar-refractivity contribution in [2.75, 3.05) is 7.05 Å². The smallest absolute Gasteiger partial charge is 0.263 e. The molecule has 0 bridgehead atoms. The molecule has 1 heterocycles. The van der Waals surface area contributed by atoms with Gasteiger partial charge in [-0.15, -0.1) is 0 Å². The number of fused-ring (bicyclic) bond motifs is 1. The first-order chi connectivity index (χ1) is 7.63. The number of nitrogens with zero attached hydrogens (tertiary/aromatic N) is 2. The highest BCUT2D eigenvalue weighted by Crippen LogP contribution is 2.17. The lowest BCUT2D eigenvalue weighted by Crippen LogP contribution is -2.27. The molecule has 0 aliphatic carbocycles. The van der Waals surface area contributed by atoms with Crippen molar-refractivity contribution in [3.63, 3.8) is 0 Å². The van der Waals surface area contributed by atoms with E-state index >= 15 is 0 Å². The van der Waals surface area contributed by atoms with E-state index in [1.54, 1.807) is 19.2 Å². The fourth-order valence-electron chi connectivity index (χ4n) is 1.46. The van der Waals surface area contributed by atoms with Crippen LogP contribution in [0.3, 0.4) is 0 Å². The first kappa shape index (κ1) is 11.6. The molecule has 0 amide bonds. The van der Waals surface area contributed by atoms with Gasteiger partial charge in [0.2, 0.25) is 5.28 Å². The van der Waals surface area contributed by atoms with E-state index in [4.69, 9.17) is 11.6 Å². The van der Waals surface area contributed by atoms with Gasteiger partial charge < -0.3 is 5.32 Å². The van der Waals surface area contributed by atoms with Crippen molar-refractivity contribution in [3.05, 3.63) is 38.3 Å². The summed E-state index contributed by atoms with van der Waals surface area (Å²) in [5.74, 6) is 0. The van der Waals surface area contributed by atoms with Crippen LogP contribution in [0.5, 0.6) is 0 Å². The minimum Gasteiger partial charge on any atom is -0.302 e. The molecule has 16 heavy (non-hydrogen) atoms. The van der Waals surface area contributed by atoms with Gasteiger partial charge in [0.05, 0.1) is 17.6 Å². The monoisotopic (exact) mass is 301 g/mol. The maximum atomic E-state index is 12.1. The van der Waals surface area contributed by atoms with Crippen LogP contribution >= 0.6 is 27.5 Å². The Bertz CT molecular complexity index is 596. The van der Waals surface area contributed by atoms with Crippen LogP contribution < -0.4 is 10.9 Å². The summed E-state index contributed by atoms with van der Waals surface area (Å²) >= 11 is 9.25. The lowest BCUT2D eigenvalue weighted by atomic mass is 10.2. The molecule has 0 saturated heterocycles. The van der Waals surface area contributed by atoms with Crippen LogP contribution in [0.4, 0.5) is 0 Å². The van der Waals surface area contributed by atoms with Crippen molar-refractivity contribution in [2.45, 2.75) is 6.67 Å². The minimum absolute atomic E-state index is 0.148. The Morgan fingerprint density at radius 1 is 1.56 bits per heavy atom. The average Bonchev–Trinajstić information content (AvgIpc) is 2.26. The Morgan fingerprint density at radius 2 is 2.31 bits per heavy atom. The quantitative estimate of drug-likeness (QED) is 0.863. The van der Waals surface area contributed by atoms with E-state index < -0.39 is 0 Å². The predicted molar refractivity (Wildman–Crippen MR) is 67.8 cm³/mol. The molecule has 1 aromatic heterocycles. The summed E-state index contributed by atoms with van der Waals surface area (Å²) in [4.78, 5) is 16.2. The van der Waals surface area contributed by atoms with Gasteiger partial charge in [-0.3, -0.25) is 9.36 Å². The Hall–Kier alpha value is -0.910. The summed E-state index contributed by atoms with van der Waals surface area (Å²) < 4.78 is 2.23. The molecule has 2 rings (SSSR count). The lowest BCUT2D eigenvalue weighted by Gasteiger charge is -2.08. The lowest BCUT2D eigenvalue weighted by molar-refractivity contribution is 0.594. The fraction of sp³-hybridized carbons (Fsp3) is 0.200. The molecule has 84 valence electrons. The van der Waals surface area contributed by atoms with Crippen molar-refractivity contribution in [1.29, 1.82) is 0 Å². The Balaban J connectivity index is 2.80. The van der Waals surface area contributed by atoms with Gasteiger partial charge in [-0.25, -0.2) is 4.98 Å². The maximum Gasteiger partial charge on any atom is 0.263 e. The highest BCUT2D eigenvalue weighted by Gasteiger charge is 2.08. The largest absolute Gasteiger partial charge is 0.302 e. The zero-order valence-electron chi connectivity index (χ0n) is 8.50. The number of rotatable bonds is 2. The maximum absolute atomic E-state index is 12.1. The second-order valence-corrected chi connectivity index (χ2v) is 4.54. The average molecular weight is 303 g/mol. The number of nitrogens with one attached hydrogen (secondary N) is 1. The molecular formula is C10H9BrClN3O. The third kappa shape index (κ3) is 1.98. The van der Waals surface area contributed by atoms with Gasteiger partial charge in [0.25, 0.3) is 5.56 Å². The van der Waals surface area contributed by atoms with Crippen molar-refractivity contribution < 1.29 is 0 Å². The first-order valence-corrected chi connectivity index (χ1v) is 5.81. The van der Waals surface area contributed by atoms with Crippen molar-refractivity contribution >= 4 is 38.4 Å². The molecule has 2 aromatic rings. The second kappa shape index (κ2) is 4.53. The van der Waals surface area contributed by atoms with Crippen LogP contribution in [0.15, 0.2) is 27.5 Å². The number of halogens is 2. The van der Waals surface area contributed by atoms with Gasteiger partial charge in [-0.05, 0) is 36.8 Å². The van der Waals surface area contributed by atoms with Crippen molar-refractivity contribution in [2.24, 2.45) is 0 Å².